The number of pyridine rings is 1. The molecule has 7 heteroatoms. The Hall–Kier alpha value is -2.31. The van der Waals surface area contributed by atoms with Crippen LogP contribution in [0, 0.1) is 5.82 Å². The van der Waals surface area contributed by atoms with E-state index in [2.05, 4.69) is 15.6 Å². The van der Waals surface area contributed by atoms with E-state index >= 15 is 0 Å². The zero-order valence-corrected chi connectivity index (χ0v) is 11.1. The molecule has 0 saturated heterocycles. The van der Waals surface area contributed by atoms with Gasteiger partial charge in [-0.25, -0.2) is 9.37 Å². The van der Waals surface area contributed by atoms with Crippen LogP contribution in [0.2, 0.25) is 0 Å². The molecule has 2 N–H and O–H groups in total. The number of benzene rings is 1. The van der Waals surface area contributed by atoms with Crippen molar-refractivity contribution < 1.29 is 17.6 Å². The van der Waals surface area contributed by atoms with Crippen molar-refractivity contribution in [1.29, 1.82) is 0 Å². The molecule has 1 aromatic heterocycles. The number of aromatic nitrogens is 1. The van der Waals surface area contributed by atoms with Crippen LogP contribution in [0.3, 0.4) is 0 Å². The molecule has 1 heterocycles. The average molecular weight is 299 g/mol. The monoisotopic (exact) mass is 299 g/mol. The van der Waals surface area contributed by atoms with Gasteiger partial charge < -0.3 is 10.6 Å². The van der Waals surface area contributed by atoms with E-state index in [9.17, 15) is 17.6 Å². The summed E-state index contributed by atoms with van der Waals surface area (Å²) in [5.41, 5.74) is -0.591. The van der Waals surface area contributed by atoms with E-state index in [0.29, 0.717) is 18.1 Å². The summed E-state index contributed by atoms with van der Waals surface area (Å²) in [6.45, 7) is 2.57. The third-order valence-electron chi connectivity index (χ3n) is 2.68. The SMILES string of the molecule is CCNc1cc(Nc2ccc(F)c(C(F)(F)F)c2)ccn1. The molecule has 21 heavy (non-hydrogen) atoms. The second kappa shape index (κ2) is 5.99. The largest absolute Gasteiger partial charge is 0.419 e. The Morgan fingerprint density at radius 2 is 1.81 bits per heavy atom. The Morgan fingerprint density at radius 3 is 2.48 bits per heavy atom. The first-order chi connectivity index (χ1) is 9.90. The quantitative estimate of drug-likeness (QED) is 0.821. The third-order valence-corrected chi connectivity index (χ3v) is 2.68. The Labute approximate surface area is 119 Å². The Bertz CT molecular complexity index is 626. The summed E-state index contributed by atoms with van der Waals surface area (Å²) in [5, 5.41) is 5.78. The molecule has 0 fully saturated rings. The topological polar surface area (TPSA) is 37.0 Å². The first-order valence-corrected chi connectivity index (χ1v) is 6.24. The summed E-state index contributed by atoms with van der Waals surface area (Å²) >= 11 is 0. The molecule has 0 amide bonds. The summed E-state index contributed by atoms with van der Waals surface area (Å²) in [6.07, 6.45) is -3.20. The zero-order chi connectivity index (χ0) is 15.5. The highest BCUT2D eigenvalue weighted by Gasteiger charge is 2.34. The van der Waals surface area contributed by atoms with E-state index in [1.807, 2.05) is 6.92 Å². The molecule has 1 aromatic carbocycles. The number of alkyl halides is 3. The summed E-state index contributed by atoms with van der Waals surface area (Å²) in [6, 6.07) is 6.04. The minimum absolute atomic E-state index is 0.150. The molecule has 0 unspecified atom stereocenters. The predicted molar refractivity (Wildman–Crippen MR) is 73.1 cm³/mol. The minimum atomic E-state index is -4.73. The van der Waals surface area contributed by atoms with Gasteiger partial charge in [0.25, 0.3) is 0 Å². The maximum Gasteiger partial charge on any atom is 0.419 e. The fraction of sp³-hybridized carbons (Fsp3) is 0.214. The lowest BCUT2D eigenvalue weighted by molar-refractivity contribution is -0.139. The molecule has 0 aliphatic carbocycles. The predicted octanol–water partition coefficient (Wildman–Crippen LogP) is 4.41. The smallest absolute Gasteiger partial charge is 0.370 e. The van der Waals surface area contributed by atoms with Crippen LogP contribution in [-0.2, 0) is 6.18 Å². The Morgan fingerprint density at radius 1 is 1.10 bits per heavy atom. The molecule has 0 spiro atoms. The highest BCUT2D eigenvalue weighted by atomic mass is 19.4. The van der Waals surface area contributed by atoms with Crippen LogP contribution in [0.25, 0.3) is 0 Å². The van der Waals surface area contributed by atoms with Gasteiger partial charge in [0.1, 0.15) is 11.6 Å². The molecule has 3 nitrogen and oxygen atoms in total. The number of hydrogen-bond donors (Lipinski definition) is 2. The maximum atomic E-state index is 13.2. The van der Waals surface area contributed by atoms with Gasteiger partial charge in [-0.15, -0.1) is 0 Å². The van der Waals surface area contributed by atoms with E-state index in [1.165, 1.54) is 12.3 Å². The average Bonchev–Trinajstić information content (AvgIpc) is 2.40. The Balaban J connectivity index is 2.26. The number of rotatable bonds is 4. The number of hydrogen-bond acceptors (Lipinski definition) is 3. The van der Waals surface area contributed by atoms with E-state index in [-0.39, 0.29) is 5.69 Å². The van der Waals surface area contributed by atoms with Crippen molar-refractivity contribution in [2.45, 2.75) is 13.1 Å². The third kappa shape index (κ3) is 3.84. The molecular formula is C14H13F4N3. The van der Waals surface area contributed by atoms with Gasteiger partial charge in [0, 0.05) is 30.2 Å². The highest BCUT2D eigenvalue weighted by molar-refractivity contribution is 5.63. The molecule has 0 bridgehead atoms. The summed E-state index contributed by atoms with van der Waals surface area (Å²) in [5.74, 6) is -0.697. The number of nitrogens with zero attached hydrogens (tertiary/aromatic N) is 1. The van der Waals surface area contributed by atoms with Gasteiger partial charge in [-0.05, 0) is 31.2 Å². The van der Waals surface area contributed by atoms with Crippen LogP contribution in [0.15, 0.2) is 36.5 Å². The first-order valence-electron chi connectivity index (χ1n) is 6.24. The van der Waals surface area contributed by atoms with Crippen molar-refractivity contribution in [3.8, 4) is 0 Å². The fourth-order valence-electron chi connectivity index (χ4n) is 1.77. The fourth-order valence-corrected chi connectivity index (χ4v) is 1.77. The van der Waals surface area contributed by atoms with E-state index in [0.717, 1.165) is 12.1 Å². The van der Waals surface area contributed by atoms with Gasteiger partial charge in [-0.3, -0.25) is 0 Å². The van der Waals surface area contributed by atoms with E-state index in [1.54, 1.807) is 12.1 Å². The van der Waals surface area contributed by atoms with Crippen LogP contribution in [0.5, 0.6) is 0 Å². The molecule has 0 aliphatic heterocycles. The number of anilines is 3. The van der Waals surface area contributed by atoms with Crippen LogP contribution in [0.4, 0.5) is 34.8 Å². The van der Waals surface area contributed by atoms with Crippen LogP contribution < -0.4 is 10.6 Å². The minimum Gasteiger partial charge on any atom is -0.370 e. The second-order valence-corrected chi connectivity index (χ2v) is 4.28. The lowest BCUT2D eigenvalue weighted by Gasteiger charge is -2.12. The lowest BCUT2D eigenvalue weighted by atomic mass is 10.1. The van der Waals surface area contributed by atoms with E-state index in [4.69, 9.17) is 0 Å². The van der Waals surface area contributed by atoms with Crippen LogP contribution in [0.1, 0.15) is 12.5 Å². The number of halogens is 4. The molecule has 2 rings (SSSR count). The van der Waals surface area contributed by atoms with Gasteiger partial charge in [-0.1, -0.05) is 0 Å². The second-order valence-electron chi connectivity index (χ2n) is 4.28. The summed E-state index contributed by atoms with van der Waals surface area (Å²) < 4.78 is 51.1. The van der Waals surface area contributed by atoms with Crippen molar-refractivity contribution in [2.75, 3.05) is 17.2 Å². The standard InChI is InChI=1S/C14H13F4N3/c1-2-19-13-8-10(5-6-20-13)21-9-3-4-12(15)11(7-9)14(16,17)18/h3-8H,2H2,1H3,(H2,19,20,21). The van der Waals surface area contributed by atoms with Crippen LogP contribution >= 0.6 is 0 Å². The normalized spacial score (nSPS) is 11.3. The van der Waals surface area contributed by atoms with Crippen molar-refractivity contribution in [1.82, 2.24) is 4.98 Å². The zero-order valence-electron chi connectivity index (χ0n) is 11.1. The van der Waals surface area contributed by atoms with Crippen molar-refractivity contribution >= 4 is 17.2 Å². The van der Waals surface area contributed by atoms with Gasteiger partial charge in [0.2, 0.25) is 0 Å². The molecule has 2 aromatic rings. The molecule has 0 saturated carbocycles. The molecule has 0 aliphatic rings. The van der Waals surface area contributed by atoms with E-state index < -0.39 is 17.6 Å². The van der Waals surface area contributed by atoms with Gasteiger partial charge in [0.15, 0.2) is 0 Å². The van der Waals surface area contributed by atoms with Gasteiger partial charge in [-0.2, -0.15) is 13.2 Å². The molecule has 112 valence electrons. The van der Waals surface area contributed by atoms with Gasteiger partial charge in [0.05, 0.1) is 5.56 Å². The van der Waals surface area contributed by atoms with Crippen molar-refractivity contribution in [3.63, 3.8) is 0 Å². The number of nitrogens with one attached hydrogen (secondary N) is 2. The molecule has 0 radical (unpaired) electrons. The lowest BCUT2D eigenvalue weighted by Crippen LogP contribution is -2.08. The van der Waals surface area contributed by atoms with Crippen molar-refractivity contribution in [2.24, 2.45) is 0 Å². The summed E-state index contributed by atoms with van der Waals surface area (Å²) in [4.78, 5) is 4.05. The summed E-state index contributed by atoms with van der Waals surface area (Å²) in [7, 11) is 0. The highest BCUT2D eigenvalue weighted by Crippen LogP contribution is 2.33. The Kier molecular flexibility index (Phi) is 4.30. The van der Waals surface area contributed by atoms with Crippen LogP contribution in [-0.4, -0.2) is 11.5 Å². The maximum absolute atomic E-state index is 13.2. The van der Waals surface area contributed by atoms with Gasteiger partial charge >= 0.3 is 6.18 Å². The van der Waals surface area contributed by atoms with Crippen molar-refractivity contribution in [3.05, 3.63) is 47.9 Å². The molecule has 0 atom stereocenters. The first kappa shape index (κ1) is 15.1. The molecular weight excluding hydrogens is 286 g/mol.